The monoisotopic (exact) mass is 582 g/mol. The molecule has 0 bridgehead atoms. The Morgan fingerprint density at radius 3 is 2.54 bits per heavy atom. The topological polar surface area (TPSA) is 149 Å². The number of methoxy groups -OCH3 is 1. The second-order valence-corrected chi connectivity index (χ2v) is 11.8. The number of aromatic nitrogens is 2. The standard InChI is InChI=1S/C29H38N6O5S/c1-15(2)21(32-17(5)36)12-27(37)35-13-19(10-25(35)28(30)38)40-26-11-23(24-14-41-29(34-24)31-16(3)4)33-22-9-18(39-6)7-8-20(22)26/h7-9,11,14-16,19,21,25H,10,12-13H2,1-6H3,(H2,30,38)(H,31,34)(H,32,36)/t19-,21-,25+/m1/s1. The highest BCUT2D eigenvalue weighted by Crippen LogP contribution is 2.35. The molecule has 0 aliphatic carbocycles. The lowest BCUT2D eigenvalue weighted by Gasteiger charge is -2.27. The van der Waals surface area contributed by atoms with Crippen molar-refractivity contribution in [2.75, 3.05) is 19.0 Å². The maximum atomic E-state index is 13.3. The predicted molar refractivity (Wildman–Crippen MR) is 159 cm³/mol. The van der Waals surface area contributed by atoms with Gasteiger partial charge in [-0.3, -0.25) is 14.4 Å². The van der Waals surface area contributed by atoms with E-state index < -0.39 is 18.1 Å². The number of fused-ring (bicyclic) bond motifs is 1. The number of primary amides is 1. The summed E-state index contributed by atoms with van der Waals surface area (Å²) in [5, 5.41) is 9.62. The number of amides is 3. The summed E-state index contributed by atoms with van der Waals surface area (Å²) in [6, 6.07) is 6.43. The minimum atomic E-state index is -0.812. The first-order valence-corrected chi connectivity index (χ1v) is 14.6. The lowest BCUT2D eigenvalue weighted by atomic mass is 10.00. The number of ether oxygens (including phenoxy) is 2. The number of nitrogens with one attached hydrogen (secondary N) is 2. The fourth-order valence-corrected chi connectivity index (χ4v) is 5.72. The first-order valence-electron chi connectivity index (χ1n) is 13.7. The number of benzene rings is 1. The van der Waals surface area contributed by atoms with Gasteiger partial charge in [-0.15, -0.1) is 11.3 Å². The van der Waals surface area contributed by atoms with Crippen LogP contribution < -0.4 is 25.8 Å². The third kappa shape index (κ3) is 7.24. The number of carbonyl (C=O) groups excluding carboxylic acids is 3. The number of hydrogen-bond acceptors (Lipinski definition) is 9. The average Bonchev–Trinajstić information content (AvgIpc) is 3.54. The maximum Gasteiger partial charge on any atom is 0.240 e. The molecule has 3 amide bonds. The van der Waals surface area contributed by atoms with Crippen LogP contribution in [0.5, 0.6) is 11.5 Å². The Morgan fingerprint density at radius 1 is 1.15 bits per heavy atom. The van der Waals surface area contributed by atoms with Crippen LogP contribution in [0.1, 0.15) is 47.5 Å². The molecular formula is C29H38N6O5S. The number of carbonyl (C=O) groups is 3. The molecule has 12 heteroatoms. The van der Waals surface area contributed by atoms with E-state index in [1.54, 1.807) is 7.11 Å². The van der Waals surface area contributed by atoms with E-state index in [0.717, 1.165) is 10.5 Å². The van der Waals surface area contributed by atoms with Crippen molar-refractivity contribution in [2.45, 2.75) is 71.7 Å². The van der Waals surface area contributed by atoms with E-state index in [1.807, 2.05) is 57.3 Å². The van der Waals surface area contributed by atoms with Gasteiger partial charge in [-0.1, -0.05) is 13.8 Å². The number of hydrogen-bond donors (Lipinski definition) is 3. The van der Waals surface area contributed by atoms with Gasteiger partial charge < -0.3 is 30.7 Å². The zero-order valence-corrected chi connectivity index (χ0v) is 25.1. The SMILES string of the molecule is COc1ccc2c(O[C@@H]3C[C@@H](C(N)=O)N(C(=O)C[C@@H](NC(C)=O)C(C)C)C3)cc(-c3csc(NC(C)C)n3)nc2c1. The van der Waals surface area contributed by atoms with E-state index in [4.69, 9.17) is 20.2 Å². The number of rotatable bonds is 11. The van der Waals surface area contributed by atoms with E-state index in [-0.39, 0.29) is 49.2 Å². The van der Waals surface area contributed by atoms with Crippen LogP contribution in [0, 0.1) is 5.92 Å². The molecule has 3 atom stereocenters. The van der Waals surface area contributed by atoms with Crippen molar-refractivity contribution < 1.29 is 23.9 Å². The van der Waals surface area contributed by atoms with Gasteiger partial charge in [-0.05, 0) is 31.9 Å². The highest BCUT2D eigenvalue weighted by Gasteiger charge is 2.40. The first-order chi connectivity index (χ1) is 19.4. The third-order valence-electron chi connectivity index (χ3n) is 6.95. The molecule has 2 aromatic heterocycles. The molecule has 4 N–H and O–H groups in total. The van der Waals surface area contributed by atoms with Crippen molar-refractivity contribution in [3.8, 4) is 22.9 Å². The fourth-order valence-electron chi connectivity index (χ4n) is 4.86. The van der Waals surface area contributed by atoms with Crippen LogP contribution >= 0.6 is 11.3 Å². The molecule has 1 aliphatic rings. The zero-order chi connectivity index (χ0) is 29.8. The molecule has 0 unspecified atom stereocenters. The average molecular weight is 583 g/mol. The quantitative estimate of drug-likeness (QED) is 0.311. The van der Waals surface area contributed by atoms with Crippen molar-refractivity contribution in [3.05, 3.63) is 29.6 Å². The normalized spacial score (nSPS) is 17.6. The summed E-state index contributed by atoms with van der Waals surface area (Å²) in [5.74, 6) is 0.173. The molecule has 0 saturated carbocycles. The molecular weight excluding hydrogens is 544 g/mol. The highest BCUT2D eigenvalue weighted by atomic mass is 32.1. The molecule has 3 aromatic rings. The molecule has 41 heavy (non-hydrogen) atoms. The lowest BCUT2D eigenvalue weighted by Crippen LogP contribution is -2.47. The Balaban J connectivity index is 1.63. The van der Waals surface area contributed by atoms with Gasteiger partial charge in [-0.25, -0.2) is 9.97 Å². The number of nitrogens with two attached hydrogens (primary N) is 1. The number of anilines is 1. The van der Waals surface area contributed by atoms with E-state index in [2.05, 4.69) is 15.6 Å². The number of thiazole rings is 1. The molecule has 1 saturated heterocycles. The van der Waals surface area contributed by atoms with E-state index >= 15 is 0 Å². The number of likely N-dealkylation sites (tertiary alicyclic amines) is 1. The fraction of sp³-hybridized carbons (Fsp3) is 0.483. The third-order valence-corrected chi connectivity index (χ3v) is 7.72. The van der Waals surface area contributed by atoms with Crippen LogP contribution in [0.2, 0.25) is 0 Å². The molecule has 0 spiro atoms. The minimum Gasteiger partial charge on any atom is -0.497 e. The summed E-state index contributed by atoms with van der Waals surface area (Å²) >= 11 is 1.49. The van der Waals surface area contributed by atoms with Crippen molar-refractivity contribution in [3.63, 3.8) is 0 Å². The zero-order valence-electron chi connectivity index (χ0n) is 24.3. The largest absolute Gasteiger partial charge is 0.497 e. The highest BCUT2D eigenvalue weighted by molar-refractivity contribution is 7.14. The van der Waals surface area contributed by atoms with Gasteiger partial charge in [0.2, 0.25) is 17.7 Å². The molecule has 4 rings (SSSR count). The van der Waals surface area contributed by atoms with Crippen LogP contribution in [0.25, 0.3) is 22.3 Å². The van der Waals surface area contributed by atoms with Crippen molar-refractivity contribution in [1.29, 1.82) is 0 Å². The molecule has 1 aromatic carbocycles. The van der Waals surface area contributed by atoms with Gasteiger partial charge in [0.15, 0.2) is 5.13 Å². The molecule has 1 fully saturated rings. The van der Waals surface area contributed by atoms with Crippen LogP contribution in [0.3, 0.4) is 0 Å². The van der Waals surface area contributed by atoms with Gasteiger partial charge in [0.25, 0.3) is 0 Å². The lowest BCUT2D eigenvalue weighted by molar-refractivity contribution is -0.138. The summed E-state index contributed by atoms with van der Waals surface area (Å²) < 4.78 is 11.9. The van der Waals surface area contributed by atoms with E-state index in [0.29, 0.717) is 28.4 Å². The van der Waals surface area contributed by atoms with Crippen LogP contribution in [0.15, 0.2) is 29.6 Å². The van der Waals surface area contributed by atoms with Crippen LogP contribution in [-0.4, -0.2) is 70.5 Å². The number of nitrogens with zero attached hydrogens (tertiary/aromatic N) is 3. The summed E-state index contributed by atoms with van der Waals surface area (Å²) in [5.41, 5.74) is 7.70. The van der Waals surface area contributed by atoms with Crippen molar-refractivity contribution in [1.82, 2.24) is 20.2 Å². The Morgan fingerprint density at radius 2 is 1.90 bits per heavy atom. The van der Waals surface area contributed by atoms with Gasteiger partial charge in [-0.2, -0.15) is 0 Å². The Kier molecular flexibility index (Phi) is 9.31. The Hall–Kier alpha value is -3.93. The predicted octanol–water partition coefficient (Wildman–Crippen LogP) is 3.57. The molecule has 11 nitrogen and oxygen atoms in total. The van der Waals surface area contributed by atoms with Gasteiger partial charge >= 0.3 is 0 Å². The van der Waals surface area contributed by atoms with Crippen molar-refractivity contribution in [2.24, 2.45) is 11.7 Å². The summed E-state index contributed by atoms with van der Waals surface area (Å²) in [6.45, 7) is 9.56. The second kappa shape index (κ2) is 12.7. The first kappa shape index (κ1) is 30.0. The Labute approximate surface area is 243 Å². The molecule has 3 heterocycles. The van der Waals surface area contributed by atoms with Gasteiger partial charge in [0, 0.05) is 54.7 Å². The van der Waals surface area contributed by atoms with Gasteiger partial charge in [0.05, 0.1) is 24.9 Å². The van der Waals surface area contributed by atoms with E-state index in [9.17, 15) is 14.4 Å². The second-order valence-electron chi connectivity index (χ2n) is 10.9. The minimum absolute atomic E-state index is 0.0325. The molecule has 220 valence electrons. The van der Waals surface area contributed by atoms with E-state index in [1.165, 1.54) is 23.2 Å². The maximum absolute atomic E-state index is 13.3. The van der Waals surface area contributed by atoms with Gasteiger partial charge in [0.1, 0.15) is 29.3 Å². The summed E-state index contributed by atoms with van der Waals surface area (Å²) in [7, 11) is 1.59. The Bertz CT molecular complexity index is 1420. The van der Waals surface area contributed by atoms with Crippen LogP contribution in [0.4, 0.5) is 5.13 Å². The summed E-state index contributed by atoms with van der Waals surface area (Å²) in [4.78, 5) is 48.4. The molecule has 1 aliphatic heterocycles. The smallest absolute Gasteiger partial charge is 0.240 e. The van der Waals surface area contributed by atoms with Crippen LogP contribution in [-0.2, 0) is 14.4 Å². The number of pyridine rings is 1. The molecule has 0 radical (unpaired) electrons. The summed E-state index contributed by atoms with van der Waals surface area (Å²) in [6.07, 6.45) is -0.169. The van der Waals surface area contributed by atoms with Crippen molar-refractivity contribution >= 4 is 45.1 Å².